The lowest BCUT2D eigenvalue weighted by Crippen LogP contribution is -1.95. The lowest BCUT2D eigenvalue weighted by molar-refractivity contribution is -0.130. The highest BCUT2D eigenvalue weighted by Gasteiger charge is 2.12. The highest BCUT2D eigenvalue weighted by molar-refractivity contribution is 6.13. The van der Waals surface area contributed by atoms with Gasteiger partial charge in [-0.2, -0.15) is 0 Å². The summed E-state index contributed by atoms with van der Waals surface area (Å²) in [6.07, 6.45) is 0. The molecule has 0 aliphatic rings. The average molecular weight is 232 g/mol. The standard InChI is InChI=1S/C13H9FO3/c1-8(13(15)16)11-6-7-12(17-11)9-2-4-10(14)5-3-9/h2-7H,1H2,(H,15,16). The van der Waals surface area contributed by atoms with E-state index in [0.717, 1.165) is 0 Å². The summed E-state index contributed by atoms with van der Waals surface area (Å²) in [5.74, 6) is -0.806. The predicted octanol–water partition coefficient (Wildman–Crippen LogP) is 3.18. The third-order valence-corrected chi connectivity index (χ3v) is 2.29. The second-order valence-corrected chi connectivity index (χ2v) is 3.45. The topological polar surface area (TPSA) is 50.4 Å². The summed E-state index contributed by atoms with van der Waals surface area (Å²) in [7, 11) is 0. The molecule has 1 heterocycles. The summed E-state index contributed by atoms with van der Waals surface area (Å²) >= 11 is 0. The van der Waals surface area contributed by atoms with Crippen LogP contribution in [0.2, 0.25) is 0 Å². The molecule has 0 fully saturated rings. The number of halogens is 1. The molecule has 2 aromatic rings. The molecule has 1 aromatic heterocycles. The molecule has 0 saturated carbocycles. The van der Waals surface area contributed by atoms with Crippen LogP contribution in [-0.2, 0) is 4.79 Å². The third-order valence-electron chi connectivity index (χ3n) is 2.29. The van der Waals surface area contributed by atoms with Crippen molar-refractivity contribution in [1.29, 1.82) is 0 Å². The Morgan fingerprint density at radius 3 is 2.41 bits per heavy atom. The zero-order valence-electron chi connectivity index (χ0n) is 8.81. The number of furan rings is 1. The molecule has 0 aliphatic heterocycles. The molecule has 1 aromatic carbocycles. The molecule has 1 N–H and O–H groups in total. The molecule has 0 radical (unpaired) electrons. The van der Waals surface area contributed by atoms with E-state index in [1.165, 1.54) is 18.2 Å². The number of hydrogen-bond acceptors (Lipinski definition) is 2. The highest BCUT2D eigenvalue weighted by Crippen LogP contribution is 2.25. The monoisotopic (exact) mass is 232 g/mol. The Morgan fingerprint density at radius 1 is 1.18 bits per heavy atom. The first kappa shape index (κ1) is 11.1. The Balaban J connectivity index is 2.33. The van der Waals surface area contributed by atoms with Crippen molar-refractivity contribution in [2.24, 2.45) is 0 Å². The number of carboxylic acids is 1. The average Bonchev–Trinajstić information content (AvgIpc) is 2.78. The molecular formula is C13H9FO3. The number of aliphatic carboxylic acids is 1. The van der Waals surface area contributed by atoms with E-state index in [0.29, 0.717) is 11.3 Å². The van der Waals surface area contributed by atoms with Gasteiger partial charge in [0.2, 0.25) is 0 Å². The van der Waals surface area contributed by atoms with Gasteiger partial charge in [-0.1, -0.05) is 6.58 Å². The molecule has 86 valence electrons. The number of benzene rings is 1. The molecular weight excluding hydrogens is 223 g/mol. The smallest absolute Gasteiger partial charge is 0.338 e. The van der Waals surface area contributed by atoms with Gasteiger partial charge < -0.3 is 9.52 Å². The normalized spacial score (nSPS) is 10.2. The van der Waals surface area contributed by atoms with Gasteiger partial charge in [0.05, 0.1) is 5.57 Å². The molecule has 0 aliphatic carbocycles. The van der Waals surface area contributed by atoms with Gasteiger partial charge in [-0.25, -0.2) is 9.18 Å². The SMILES string of the molecule is C=C(C(=O)O)c1ccc(-c2ccc(F)cc2)o1. The summed E-state index contributed by atoms with van der Waals surface area (Å²) in [6.45, 7) is 3.39. The van der Waals surface area contributed by atoms with Crippen molar-refractivity contribution in [2.75, 3.05) is 0 Å². The van der Waals surface area contributed by atoms with Gasteiger partial charge in [0.1, 0.15) is 17.3 Å². The zero-order chi connectivity index (χ0) is 12.4. The van der Waals surface area contributed by atoms with Crippen LogP contribution in [0.5, 0.6) is 0 Å². The van der Waals surface area contributed by atoms with Crippen LogP contribution in [0, 0.1) is 5.82 Å². The van der Waals surface area contributed by atoms with Gasteiger partial charge in [0.15, 0.2) is 0 Å². The summed E-state index contributed by atoms with van der Waals surface area (Å²) in [5.41, 5.74) is 0.564. The second kappa shape index (κ2) is 4.25. The predicted molar refractivity (Wildman–Crippen MR) is 60.8 cm³/mol. The minimum absolute atomic E-state index is 0.113. The largest absolute Gasteiger partial charge is 0.478 e. The Labute approximate surface area is 96.8 Å². The van der Waals surface area contributed by atoms with Crippen LogP contribution < -0.4 is 0 Å². The van der Waals surface area contributed by atoms with Gasteiger partial charge >= 0.3 is 5.97 Å². The molecule has 3 nitrogen and oxygen atoms in total. The maximum absolute atomic E-state index is 12.7. The number of hydrogen-bond donors (Lipinski definition) is 1. The van der Waals surface area contributed by atoms with Crippen LogP contribution in [-0.4, -0.2) is 11.1 Å². The van der Waals surface area contributed by atoms with Crippen molar-refractivity contribution in [3.05, 3.63) is 54.6 Å². The first-order valence-electron chi connectivity index (χ1n) is 4.86. The Hall–Kier alpha value is -2.36. The maximum atomic E-state index is 12.7. The van der Waals surface area contributed by atoms with Crippen molar-refractivity contribution in [2.45, 2.75) is 0 Å². The number of carboxylic acid groups (broad SMARTS) is 1. The fraction of sp³-hybridized carbons (Fsp3) is 0. The summed E-state index contributed by atoms with van der Waals surface area (Å²) in [5, 5.41) is 8.74. The molecule has 0 unspecified atom stereocenters. The summed E-state index contributed by atoms with van der Waals surface area (Å²) in [4.78, 5) is 10.7. The van der Waals surface area contributed by atoms with Crippen LogP contribution in [0.25, 0.3) is 16.9 Å². The van der Waals surface area contributed by atoms with E-state index in [-0.39, 0.29) is 17.2 Å². The zero-order valence-corrected chi connectivity index (χ0v) is 8.81. The minimum atomic E-state index is -1.13. The molecule has 0 atom stereocenters. The maximum Gasteiger partial charge on any atom is 0.338 e. The van der Waals surface area contributed by atoms with Crippen LogP contribution >= 0.6 is 0 Å². The van der Waals surface area contributed by atoms with Gasteiger partial charge in [-0.3, -0.25) is 0 Å². The Bertz CT molecular complexity index is 567. The third kappa shape index (κ3) is 2.25. The minimum Gasteiger partial charge on any atom is -0.478 e. The van der Waals surface area contributed by atoms with E-state index >= 15 is 0 Å². The van der Waals surface area contributed by atoms with Crippen LogP contribution in [0.3, 0.4) is 0 Å². The molecule has 2 rings (SSSR count). The Morgan fingerprint density at radius 2 is 1.82 bits per heavy atom. The van der Waals surface area contributed by atoms with Crippen LogP contribution in [0.1, 0.15) is 5.76 Å². The van der Waals surface area contributed by atoms with Crippen molar-refractivity contribution < 1.29 is 18.7 Å². The van der Waals surface area contributed by atoms with E-state index < -0.39 is 5.97 Å². The quantitative estimate of drug-likeness (QED) is 0.827. The van der Waals surface area contributed by atoms with Gasteiger partial charge in [0, 0.05) is 5.56 Å². The van der Waals surface area contributed by atoms with E-state index in [4.69, 9.17) is 9.52 Å². The van der Waals surface area contributed by atoms with Crippen molar-refractivity contribution in [3.63, 3.8) is 0 Å². The molecule has 4 heteroatoms. The highest BCUT2D eigenvalue weighted by atomic mass is 19.1. The first-order valence-corrected chi connectivity index (χ1v) is 4.86. The number of rotatable bonds is 3. The van der Waals surface area contributed by atoms with Gasteiger partial charge in [0.25, 0.3) is 0 Å². The van der Waals surface area contributed by atoms with Crippen LogP contribution in [0.15, 0.2) is 47.4 Å². The summed E-state index contributed by atoms with van der Waals surface area (Å²) in [6, 6.07) is 8.88. The molecule has 17 heavy (non-hydrogen) atoms. The first-order chi connectivity index (χ1) is 8.08. The van der Waals surface area contributed by atoms with Gasteiger partial charge in [-0.05, 0) is 36.4 Å². The molecule has 0 amide bonds. The van der Waals surface area contributed by atoms with Crippen molar-refractivity contribution in [1.82, 2.24) is 0 Å². The fourth-order valence-electron chi connectivity index (χ4n) is 1.37. The lowest BCUT2D eigenvalue weighted by Gasteiger charge is -1.97. The number of carbonyl (C=O) groups is 1. The van der Waals surface area contributed by atoms with Crippen LogP contribution in [0.4, 0.5) is 4.39 Å². The van der Waals surface area contributed by atoms with Crippen molar-refractivity contribution >= 4 is 11.5 Å². The molecule has 0 saturated heterocycles. The second-order valence-electron chi connectivity index (χ2n) is 3.45. The fourth-order valence-corrected chi connectivity index (χ4v) is 1.37. The molecule has 0 spiro atoms. The van der Waals surface area contributed by atoms with E-state index in [9.17, 15) is 9.18 Å². The van der Waals surface area contributed by atoms with E-state index in [2.05, 4.69) is 6.58 Å². The molecule has 0 bridgehead atoms. The van der Waals surface area contributed by atoms with E-state index in [1.807, 2.05) is 0 Å². The van der Waals surface area contributed by atoms with E-state index in [1.54, 1.807) is 18.2 Å². The Kier molecular flexibility index (Phi) is 2.78. The van der Waals surface area contributed by atoms with Gasteiger partial charge in [-0.15, -0.1) is 0 Å². The van der Waals surface area contributed by atoms with Crippen molar-refractivity contribution in [3.8, 4) is 11.3 Å². The lowest BCUT2D eigenvalue weighted by atomic mass is 10.2. The summed E-state index contributed by atoms with van der Waals surface area (Å²) < 4.78 is 18.0.